The summed E-state index contributed by atoms with van der Waals surface area (Å²) in [5, 5.41) is 2.95. The van der Waals surface area contributed by atoms with E-state index in [1.807, 2.05) is 44.9 Å². The van der Waals surface area contributed by atoms with Crippen LogP contribution in [0.4, 0.5) is 0 Å². The number of furan rings is 1. The second kappa shape index (κ2) is 6.73. The molecule has 0 radical (unpaired) electrons. The first-order valence-corrected chi connectivity index (χ1v) is 6.55. The van der Waals surface area contributed by atoms with Crippen LogP contribution in [0.1, 0.15) is 33.0 Å². The number of nitrogens with one attached hydrogen (secondary N) is 1. The van der Waals surface area contributed by atoms with Gasteiger partial charge in [0, 0.05) is 24.5 Å². The van der Waals surface area contributed by atoms with E-state index in [9.17, 15) is 4.79 Å². The van der Waals surface area contributed by atoms with Crippen LogP contribution in [0.15, 0.2) is 22.8 Å². The highest BCUT2D eigenvalue weighted by molar-refractivity contribution is 5.77. The molecule has 1 rings (SSSR count). The van der Waals surface area contributed by atoms with Gasteiger partial charge in [-0.3, -0.25) is 9.69 Å². The Balaban J connectivity index is 2.50. The Morgan fingerprint density at radius 2 is 2.21 bits per heavy atom. The molecule has 0 saturated carbocycles. The van der Waals surface area contributed by atoms with Gasteiger partial charge < -0.3 is 15.5 Å². The van der Waals surface area contributed by atoms with Gasteiger partial charge in [0.1, 0.15) is 5.76 Å². The minimum absolute atomic E-state index is 0.00690. The first-order chi connectivity index (χ1) is 8.81. The average Bonchev–Trinajstić information content (AvgIpc) is 2.75. The van der Waals surface area contributed by atoms with Crippen LogP contribution >= 0.6 is 0 Å². The molecule has 1 aromatic heterocycles. The summed E-state index contributed by atoms with van der Waals surface area (Å²) in [5.74, 6) is 0.895. The second-order valence-electron chi connectivity index (χ2n) is 5.89. The molecule has 108 valence electrons. The van der Waals surface area contributed by atoms with E-state index in [1.54, 1.807) is 6.26 Å². The van der Waals surface area contributed by atoms with Crippen LogP contribution in [-0.2, 0) is 11.3 Å². The van der Waals surface area contributed by atoms with Gasteiger partial charge in [0.05, 0.1) is 12.8 Å². The van der Waals surface area contributed by atoms with E-state index in [4.69, 9.17) is 10.2 Å². The summed E-state index contributed by atoms with van der Waals surface area (Å²) in [4.78, 5) is 14.0. The number of nitrogens with two attached hydrogens (primary N) is 1. The molecule has 0 bridgehead atoms. The second-order valence-corrected chi connectivity index (χ2v) is 5.89. The molecular formula is C14H25N3O2. The number of nitrogens with zero attached hydrogens (tertiary/aromatic N) is 1. The predicted molar refractivity (Wildman–Crippen MR) is 75.5 cm³/mol. The number of hydrogen-bond donors (Lipinski definition) is 2. The maximum Gasteiger partial charge on any atom is 0.222 e. The van der Waals surface area contributed by atoms with Crippen molar-refractivity contribution in [2.45, 2.75) is 45.3 Å². The average molecular weight is 267 g/mol. The Kier molecular flexibility index (Phi) is 5.57. The van der Waals surface area contributed by atoms with Gasteiger partial charge in [-0.1, -0.05) is 0 Å². The summed E-state index contributed by atoms with van der Waals surface area (Å²) >= 11 is 0. The lowest BCUT2D eigenvalue weighted by Crippen LogP contribution is -2.46. The molecule has 1 unspecified atom stereocenters. The number of carbonyl (C=O) groups is 1. The molecule has 0 aliphatic rings. The van der Waals surface area contributed by atoms with Crippen molar-refractivity contribution in [3.8, 4) is 0 Å². The lowest BCUT2D eigenvalue weighted by Gasteiger charge is -2.27. The van der Waals surface area contributed by atoms with Gasteiger partial charge in [0.2, 0.25) is 5.91 Å². The molecule has 1 amide bonds. The fourth-order valence-electron chi connectivity index (χ4n) is 1.88. The van der Waals surface area contributed by atoms with Crippen LogP contribution in [0, 0.1) is 0 Å². The van der Waals surface area contributed by atoms with Crippen molar-refractivity contribution in [2.75, 3.05) is 13.6 Å². The highest BCUT2D eigenvalue weighted by Gasteiger charge is 2.21. The van der Waals surface area contributed by atoms with Crippen LogP contribution < -0.4 is 11.1 Å². The maximum absolute atomic E-state index is 11.9. The van der Waals surface area contributed by atoms with Crippen LogP contribution in [-0.4, -0.2) is 36.0 Å². The van der Waals surface area contributed by atoms with E-state index in [-0.39, 0.29) is 17.5 Å². The van der Waals surface area contributed by atoms with Gasteiger partial charge in [-0.05, 0) is 40.0 Å². The van der Waals surface area contributed by atoms with Gasteiger partial charge in [-0.2, -0.15) is 0 Å². The monoisotopic (exact) mass is 267 g/mol. The lowest BCUT2D eigenvalue weighted by atomic mass is 10.1. The normalized spacial score (nSPS) is 13.6. The zero-order valence-corrected chi connectivity index (χ0v) is 12.3. The van der Waals surface area contributed by atoms with Gasteiger partial charge >= 0.3 is 0 Å². The third-order valence-electron chi connectivity index (χ3n) is 2.82. The van der Waals surface area contributed by atoms with Crippen molar-refractivity contribution in [1.29, 1.82) is 0 Å². The van der Waals surface area contributed by atoms with Gasteiger partial charge in [-0.25, -0.2) is 0 Å². The van der Waals surface area contributed by atoms with Crippen molar-refractivity contribution in [3.05, 3.63) is 24.2 Å². The van der Waals surface area contributed by atoms with Crippen LogP contribution in [0.5, 0.6) is 0 Å². The molecule has 1 heterocycles. The molecule has 0 aliphatic carbocycles. The fraction of sp³-hybridized carbons (Fsp3) is 0.643. The van der Waals surface area contributed by atoms with Crippen LogP contribution in [0.3, 0.4) is 0 Å². The SMILES string of the molecule is CN(Cc1ccco1)C(CN)CC(=O)NC(C)(C)C. The van der Waals surface area contributed by atoms with E-state index in [0.717, 1.165) is 5.76 Å². The Bertz CT molecular complexity index is 382. The summed E-state index contributed by atoms with van der Waals surface area (Å²) in [5.41, 5.74) is 5.55. The molecule has 0 saturated heterocycles. The van der Waals surface area contributed by atoms with Gasteiger partial charge in [-0.15, -0.1) is 0 Å². The quantitative estimate of drug-likeness (QED) is 0.816. The molecule has 0 fully saturated rings. The molecule has 0 aliphatic heterocycles. The summed E-state index contributed by atoms with van der Waals surface area (Å²) in [6.07, 6.45) is 2.04. The Morgan fingerprint density at radius 3 is 2.68 bits per heavy atom. The minimum atomic E-state index is -0.212. The summed E-state index contributed by atoms with van der Waals surface area (Å²) < 4.78 is 5.30. The van der Waals surface area contributed by atoms with Crippen LogP contribution in [0.2, 0.25) is 0 Å². The highest BCUT2D eigenvalue weighted by Crippen LogP contribution is 2.09. The number of amides is 1. The molecule has 5 heteroatoms. The molecule has 5 nitrogen and oxygen atoms in total. The van der Waals surface area contributed by atoms with Crippen LogP contribution in [0.25, 0.3) is 0 Å². The highest BCUT2D eigenvalue weighted by atomic mass is 16.3. The largest absolute Gasteiger partial charge is 0.468 e. The molecular weight excluding hydrogens is 242 g/mol. The Labute approximate surface area is 115 Å². The summed E-state index contributed by atoms with van der Waals surface area (Å²) in [7, 11) is 1.95. The lowest BCUT2D eigenvalue weighted by molar-refractivity contribution is -0.123. The first-order valence-electron chi connectivity index (χ1n) is 6.55. The molecule has 0 spiro atoms. The van der Waals surface area contributed by atoms with Gasteiger partial charge in [0.25, 0.3) is 0 Å². The number of rotatable bonds is 6. The molecule has 1 atom stereocenters. The van der Waals surface area contributed by atoms with E-state index >= 15 is 0 Å². The van der Waals surface area contributed by atoms with E-state index in [2.05, 4.69) is 5.32 Å². The van der Waals surface area contributed by atoms with E-state index < -0.39 is 0 Å². The topological polar surface area (TPSA) is 71.5 Å². The zero-order chi connectivity index (χ0) is 14.5. The van der Waals surface area contributed by atoms with Crippen molar-refractivity contribution in [1.82, 2.24) is 10.2 Å². The summed E-state index contributed by atoms with van der Waals surface area (Å²) in [6, 6.07) is 3.78. The third-order valence-corrected chi connectivity index (χ3v) is 2.82. The summed E-state index contributed by atoms with van der Waals surface area (Å²) in [6.45, 7) is 6.99. The molecule has 1 aromatic rings. The third kappa shape index (κ3) is 5.89. The number of hydrogen-bond acceptors (Lipinski definition) is 4. The van der Waals surface area contributed by atoms with E-state index in [1.165, 1.54) is 0 Å². The molecule has 0 aromatic carbocycles. The van der Waals surface area contributed by atoms with Gasteiger partial charge in [0.15, 0.2) is 0 Å². The molecule has 19 heavy (non-hydrogen) atoms. The standard InChI is InChI=1S/C14H25N3O2/c1-14(2,3)16-13(18)8-11(9-15)17(4)10-12-6-5-7-19-12/h5-7,11H,8-10,15H2,1-4H3,(H,16,18). The van der Waals surface area contributed by atoms with Crippen molar-refractivity contribution < 1.29 is 9.21 Å². The molecule has 3 N–H and O–H groups in total. The minimum Gasteiger partial charge on any atom is -0.468 e. The van der Waals surface area contributed by atoms with Crippen molar-refractivity contribution in [3.63, 3.8) is 0 Å². The van der Waals surface area contributed by atoms with Crippen molar-refractivity contribution >= 4 is 5.91 Å². The Morgan fingerprint density at radius 1 is 1.53 bits per heavy atom. The first kappa shape index (κ1) is 15.7. The zero-order valence-electron chi connectivity index (χ0n) is 12.3. The predicted octanol–water partition coefficient (Wildman–Crippen LogP) is 1.34. The Hall–Kier alpha value is -1.33. The maximum atomic E-state index is 11.9. The fourth-order valence-corrected chi connectivity index (χ4v) is 1.88. The smallest absolute Gasteiger partial charge is 0.222 e. The number of likely N-dealkylation sites (N-methyl/N-ethyl adjacent to an activating group) is 1. The number of carbonyl (C=O) groups excluding carboxylic acids is 1. The van der Waals surface area contributed by atoms with E-state index in [0.29, 0.717) is 19.5 Å². The van der Waals surface area contributed by atoms with Crippen molar-refractivity contribution in [2.24, 2.45) is 5.73 Å².